The molecule has 1 unspecified atom stereocenters. The Morgan fingerprint density at radius 3 is 2.53 bits per heavy atom. The van der Waals surface area contributed by atoms with Gasteiger partial charge in [-0.25, -0.2) is 0 Å². The Balaban J connectivity index is 2.73. The minimum atomic E-state index is -0.155. The topological polar surface area (TPSA) is 75.0 Å². The summed E-state index contributed by atoms with van der Waals surface area (Å²) in [6.45, 7) is 1.51. The van der Waals surface area contributed by atoms with Crippen LogP contribution in [0.15, 0.2) is 18.2 Å². The Morgan fingerprint density at radius 1 is 1.16 bits per heavy atom. The van der Waals surface area contributed by atoms with Gasteiger partial charge >= 0.3 is 0 Å². The van der Waals surface area contributed by atoms with Crippen LogP contribution in [-0.2, 0) is 9.47 Å². The van der Waals surface area contributed by atoms with E-state index in [1.54, 1.807) is 21.3 Å². The van der Waals surface area contributed by atoms with Crippen LogP contribution in [0.3, 0.4) is 0 Å². The van der Waals surface area contributed by atoms with E-state index in [9.17, 15) is 0 Å². The SMILES string of the molecule is COCCOCC(NN)c1ccc(OC)cc1OC. The van der Waals surface area contributed by atoms with Gasteiger partial charge in [0.15, 0.2) is 0 Å². The fraction of sp³-hybridized carbons (Fsp3) is 0.538. The first-order valence-corrected chi connectivity index (χ1v) is 6.01. The van der Waals surface area contributed by atoms with Crippen LogP contribution in [0.2, 0.25) is 0 Å². The van der Waals surface area contributed by atoms with Crippen LogP contribution in [0.4, 0.5) is 0 Å². The summed E-state index contributed by atoms with van der Waals surface area (Å²) in [5.41, 5.74) is 3.64. The molecule has 1 rings (SSSR count). The fourth-order valence-corrected chi connectivity index (χ4v) is 1.68. The summed E-state index contributed by atoms with van der Waals surface area (Å²) in [5, 5.41) is 0. The Hall–Kier alpha value is -1.34. The van der Waals surface area contributed by atoms with Gasteiger partial charge in [-0.15, -0.1) is 0 Å². The quantitative estimate of drug-likeness (QED) is 0.394. The molecule has 0 spiro atoms. The number of hydrazine groups is 1. The van der Waals surface area contributed by atoms with Gasteiger partial charge in [-0.2, -0.15) is 0 Å². The molecule has 1 aromatic carbocycles. The molecular weight excluding hydrogens is 248 g/mol. The molecule has 0 radical (unpaired) electrons. The Labute approximate surface area is 113 Å². The second kappa shape index (κ2) is 8.71. The number of nitrogens with one attached hydrogen (secondary N) is 1. The molecule has 0 fully saturated rings. The number of hydrogen-bond donors (Lipinski definition) is 2. The molecule has 1 aromatic rings. The van der Waals surface area contributed by atoms with Crippen molar-refractivity contribution in [1.82, 2.24) is 5.43 Å². The molecular formula is C13H22N2O4. The lowest BCUT2D eigenvalue weighted by atomic mass is 10.1. The van der Waals surface area contributed by atoms with E-state index in [4.69, 9.17) is 24.8 Å². The third kappa shape index (κ3) is 4.68. The average Bonchev–Trinajstić information content (AvgIpc) is 2.47. The smallest absolute Gasteiger partial charge is 0.127 e. The second-order valence-corrected chi connectivity index (χ2v) is 3.89. The van der Waals surface area contributed by atoms with E-state index in [1.165, 1.54) is 0 Å². The second-order valence-electron chi connectivity index (χ2n) is 3.89. The summed E-state index contributed by atoms with van der Waals surface area (Å²) in [7, 11) is 4.85. The summed E-state index contributed by atoms with van der Waals surface area (Å²) in [4.78, 5) is 0. The van der Waals surface area contributed by atoms with E-state index in [0.717, 1.165) is 11.3 Å². The summed E-state index contributed by atoms with van der Waals surface area (Å²) in [6, 6.07) is 5.42. The number of nitrogens with two attached hydrogens (primary N) is 1. The van der Waals surface area contributed by atoms with Crippen molar-refractivity contribution < 1.29 is 18.9 Å². The standard InChI is InChI=1S/C13H22N2O4/c1-16-6-7-19-9-12(15-14)11-5-4-10(17-2)8-13(11)18-3/h4-5,8,12,15H,6-7,9,14H2,1-3H3. The van der Waals surface area contributed by atoms with E-state index in [0.29, 0.717) is 25.6 Å². The molecule has 1 atom stereocenters. The van der Waals surface area contributed by atoms with Crippen LogP contribution >= 0.6 is 0 Å². The summed E-state index contributed by atoms with van der Waals surface area (Å²) >= 11 is 0. The molecule has 0 aliphatic carbocycles. The van der Waals surface area contributed by atoms with Crippen LogP contribution in [0.1, 0.15) is 11.6 Å². The van der Waals surface area contributed by atoms with Gasteiger partial charge in [0, 0.05) is 18.7 Å². The zero-order valence-corrected chi connectivity index (χ0v) is 11.6. The van der Waals surface area contributed by atoms with E-state index in [-0.39, 0.29) is 6.04 Å². The molecule has 0 aliphatic rings. The van der Waals surface area contributed by atoms with E-state index < -0.39 is 0 Å². The lowest BCUT2D eigenvalue weighted by Crippen LogP contribution is -2.32. The number of ether oxygens (including phenoxy) is 4. The molecule has 0 amide bonds. The molecule has 6 heteroatoms. The molecule has 0 bridgehead atoms. The normalized spacial score (nSPS) is 12.2. The predicted molar refractivity (Wildman–Crippen MR) is 72.3 cm³/mol. The van der Waals surface area contributed by atoms with E-state index in [1.807, 2.05) is 18.2 Å². The minimum absolute atomic E-state index is 0.155. The van der Waals surface area contributed by atoms with Crippen molar-refractivity contribution in [2.75, 3.05) is 41.2 Å². The highest BCUT2D eigenvalue weighted by molar-refractivity contribution is 5.42. The highest BCUT2D eigenvalue weighted by atomic mass is 16.5. The van der Waals surface area contributed by atoms with Crippen LogP contribution < -0.4 is 20.7 Å². The van der Waals surface area contributed by atoms with Gasteiger partial charge < -0.3 is 18.9 Å². The molecule has 0 aliphatic heterocycles. The van der Waals surface area contributed by atoms with Crippen LogP contribution in [-0.4, -0.2) is 41.2 Å². The minimum Gasteiger partial charge on any atom is -0.497 e. The third-order valence-electron chi connectivity index (χ3n) is 2.73. The Bertz CT molecular complexity index is 374. The zero-order chi connectivity index (χ0) is 14.1. The van der Waals surface area contributed by atoms with Gasteiger partial charge in [-0.05, 0) is 12.1 Å². The lowest BCUT2D eigenvalue weighted by molar-refractivity contribution is 0.0582. The number of methoxy groups -OCH3 is 3. The summed E-state index contributed by atoms with van der Waals surface area (Å²) in [5.74, 6) is 7.00. The molecule has 0 saturated carbocycles. The molecule has 3 N–H and O–H groups in total. The summed E-state index contributed by atoms with van der Waals surface area (Å²) in [6.07, 6.45) is 0. The molecule has 0 aromatic heterocycles. The van der Waals surface area contributed by atoms with Crippen molar-refractivity contribution in [3.8, 4) is 11.5 Å². The first-order valence-electron chi connectivity index (χ1n) is 6.01. The van der Waals surface area contributed by atoms with Crippen molar-refractivity contribution in [1.29, 1.82) is 0 Å². The predicted octanol–water partition coefficient (Wildman–Crippen LogP) is 0.871. The number of rotatable bonds is 9. The molecule has 0 heterocycles. The van der Waals surface area contributed by atoms with Crippen molar-refractivity contribution in [3.05, 3.63) is 23.8 Å². The van der Waals surface area contributed by atoms with Crippen molar-refractivity contribution in [3.63, 3.8) is 0 Å². The largest absolute Gasteiger partial charge is 0.497 e. The van der Waals surface area contributed by atoms with Gasteiger partial charge in [0.2, 0.25) is 0 Å². The highest BCUT2D eigenvalue weighted by Gasteiger charge is 2.15. The first-order chi connectivity index (χ1) is 9.26. The fourth-order valence-electron chi connectivity index (χ4n) is 1.68. The zero-order valence-electron chi connectivity index (χ0n) is 11.6. The van der Waals surface area contributed by atoms with Gasteiger partial charge in [0.1, 0.15) is 11.5 Å². The monoisotopic (exact) mass is 270 g/mol. The van der Waals surface area contributed by atoms with Gasteiger partial charge in [0.05, 0.1) is 40.1 Å². The lowest BCUT2D eigenvalue weighted by Gasteiger charge is -2.19. The maximum absolute atomic E-state index is 5.57. The van der Waals surface area contributed by atoms with Gasteiger partial charge in [-0.3, -0.25) is 11.3 Å². The maximum Gasteiger partial charge on any atom is 0.127 e. The van der Waals surface area contributed by atoms with Crippen LogP contribution in [0.25, 0.3) is 0 Å². The molecule has 0 saturated heterocycles. The van der Waals surface area contributed by atoms with Crippen LogP contribution in [0, 0.1) is 0 Å². The number of benzene rings is 1. The van der Waals surface area contributed by atoms with E-state index in [2.05, 4.69) is 5.43 Å². The van der Waals surface area contributed by atoms with E-state index >= 15 is 0 Å². The van der Waals surface area contributed by atoms with Crippen molar-refractivity contribution in [2.45, 2.75) is 6.04 Å². The van der Waals surface area contributed by atoms with Crippen molar-refractivity contribution >= 4 is 0 Å². The molecule has 108 valence electrons. The van der Waals surface area contributed by atoms with Crippen LogP contribution in [0.5, 0.6) is 11.5 Å². The van der Waals surface area contributed by atoms with Crippen molar-refractivity contribution in [2.24, 2.45) is 5.84 Å². The summed E-state index contributed by atoms with van der Waals surface area (Å²) < 4.78 is 20.9. The highest BCUT2D eigenvalue weighted by Crippen LogP contribution is 2.29. The Morgan fingerprint density at radius 2 is 1.95 bits per heavy atom. The number of hydrogen-bond acceptors (Lipinski definition) is 6. The maximum atomic E-state index is 5.57. The average molecular weight is 270 g/mol. The first kappa shape index (κ1) is 15.7. The van der Waals surface area contributed by atoms with Gasteiger partial charge in [-0.1, -0.05) is 0 Å². The Kier molecular flexibility index (Phi) is 7.20. The molecule has 6 nitrogen and oxygen atoms in total. The van der Waals surface area contributed by atoms with Gasteiger partial charge in [0.25, 0.3) is 0 Å². The molecule has 19 heavy (non-hydrogen) atoms. The third-order valence-corrected chi connectivity index (χ3v) is 2.73.